The first-order chi connectivity index (χ1) is 11.5. The van der Waals surface area contributed by atoms with Gasteiger partial charge in [0.1, 0.15) is 17.8 Å². The number of hydrogen-bond acceptors (Lipinski definition) is 5. The summed E-state index contributed by atoms with van der Waals surface area (Å²) in [5, 5.41) is 9.26. The molecule has 1 aromatic carbocycles. The summed E-state index contributed by atoms with van der Waals surface area (Å²) in [7, 11) is 0. The van der Waals surface area contributed by atoms with Crippen LogP contribution in [0.1, 0.15) is 45.6 Å². The number of fused-ring (bicyclic) bond motifs is 1. The molecular formula is C19H28O5. The molecule has 3 rings (SSSR count). The van der Waals surface area contributed by atoms with Crippen molar-refractivity contribution in [3.63, 3.8) is 0 Å². The molecule has 2 saturated heterocycles. The molecule has 0 saturated carbocycles. The van der Waals surface area contributed by atoms with Gasteiger partial charge >= 0.3 is 0 Å². The molecule has 2 fully saturated rings. The molecule has 0 radical (unpaired) electrons. The van der Waals surface area contributed by atoms with Crippen LogP contribution in [0.3, 0.4) is 0 Å². The molecular weight excluding hydrogens is 308 g/mol. The van der Waals surface area contributed by atoms with E-state index in [-0.39, 0.29) is 18.8 Å². The summed E-state index contributed by atoms with van der Waals surface area (Å²) in [5.74, 6) is -0.666. The van der Waals surface area contributed by atoms with Crippen molar-refractivity contribution >= 4 is 0 Å². The minimum atomic E-state index is -0.666. The zero-order valence-electron chi connectivity index (χ0n) is 14.7. The quantitative estimate of drug-likeness (QED) is 0.829. The molecule has 0 spiro atoms. The maximum Gasteiger partial charge on any atom is 0.190 e. The van der Waals surface area contributed by atoms with Gasteiger partial charge in [-0.1, -0.05) is 37.3 Å². The monoisotopic (exact) mass is 336 g/mol. The topological polar surface area (TPSA) is 57.2 Å². The number of rotatable bonds is 7. The minimum Gasteiger partial charge on any atom is -0.396 e. The Morgan fingerprint density at radius 1 is 1.12 bits per heavy atom. The molecule has 2 aliphatic rings. The number of ether oxygens (including phenoxy) is 4. The Kier molecular flexibility index (Phi) is 5.27. The molecule has 2 aliphatic heterocycles. The highest BCUT2D eigenvalue weighted by atomic mass is 16.8. The predicted molar refractivity (Wildman–Crippen MR) is 89.3 cm³/mol. The normalized spacial score (nSPS) is 34.4. The summed E-state index contributed by atoms with van der Waals surface area (Å²) >= 11 is 0. The third-order valence-electron chi connectivity index (χ3n) is 4.88. The van der Waals surface area contributed by atoms with Crippen molar-refractivity contribution in [1.29, 1.82) is 0 Å². The molecule has 134 valence electrons. The first-order valence-corrected chi connectivity index (χ1v) is 8.79. The first kappa shape index (κ1) is 17.8. The van der Waals surface area contributed by atoms with E-state index in [1.807, 2.05) is 44.2 Å². The van der Waals surface area contributed by atoms with Gasteiger partial charge in [-0.25, -0.2) is 0 Å². The summed E-state index contributed by atoms with van der Waals surface area (Å²) in [6.45, 7) is 6.51. The summed E-state index contributed by atoms with van der Waals surface area (Å²) < 4.78 is 24.5. The molecule has 2 heterocycles. The van der Waals surface area contributed by atoms with Crippen LogP contribution in [0.4, 0.5) is 0 Å². The number of benzene rings is 1. The van der Waals surface area contributed by atoms with Crippen LogP contribution in [0.25, 0.3) is 0 Å². The van der Waals surface area contributed by atoms with Gasteiger partial charge in [-0.2, -0.15) is 0 Å². The SMILES string of the molecule is CC[C@@]1(CCCO)O[C@@H]2OC(C)(C)OC2[C@H]1OCc1ccccc1. The molecule has 0 amide bonds. The Morgan fingerprint density at radius 3 is 2.54 bits per heavy atom. The lowest BCUT2D eigenvalue weighted by Crippen LogP contribution is -2.46. The van der Waals surface area contributed by atoms with E-state index in [9.17, 15) is 5.11 Å². The van der Waals surface area contributed by atoms with Crippen molar-refractivity contribution in [2.24, 2.45) is 0 Å². The average Bonchev–Trinajstić information content (AvgIpc) is 3.01. The first-order valence-electron chi connectivity index (χ1n) is 8.79. The van der Waals surface area contributed by atoms with Crippen molar-refractivity contribution in [2.45, 2.75) is 76.5 Å². The maximum atomic E-state index is 9.26. The van der Waals surface area contributed by atoms with Crippen LogP contribution in [0.2, 0.25) is 0 Å². The molecule has 5 heteroatoms. The standard InChI is InChI=1S/C19H28O5/c1-4-19(11-8-12-20)16(21-13-14-9-6-5-7-10-14)15-17(24-19)23-18(2,3)22-15/h5-7,9-10,15-17,20H,4,8,11-13H2,1-3H3/t15?,16-,17+,19+/m1/s1. The van der Waals surface area contributed by atoms with E-state index in [2.05, 4.69) is 6.92 Å². The molecule has 1 unspecified atom stereocenters. The van der Waals surface area contributed by atoms with Crippen LogP contribution in [-0.2, 0) is 25.6 Å². The van der Waals surface area contributed by atoms with Gasteiger partial charge in [-0.3, -0.25) is 0 Å². The predicted octanol–water partition coefficient (Wildman–Crippen LogP) is 3.00. The van der Waals surface area contributed by atoms with Crippen molar-refractivity contribution in [3.05, 3.63) is 35.9 Å². The van der Waals surface area contributed by atoms with Gasteiger partial charge in [0.15, 0.2) is 12.1 Å². The highest BCUT2D eigenvalue weighted by Gasteiger charge is 2.61. The van der Waals surface area contributed by atoms with Gasteiger partial charge in [0.2, 0.25) is 0 Å². The Hall–Kier alpha value is -0.980. The summed E-state index contributed by atoms with van der Waals surface area (Å²) in [6.07, 6.45) is 1.29. The second kappa shape index (κ2) is 7.10. The van der Waals surface area contributed by atoms with E-state index in [4.69, 9.17) is 18.9 Å². The number of aliphatic hydroxyl groups is 1. The lowest BCUT2D eigenvalue weighted by molar-refractivity contribution is -0.247. The van der Waals surface area contributed by atoms with E-state index >= 15 is 0 Å². The third kappa shape index (κ3) is 3.51. The number of aliphatic hydroxyl groups excluding tert-OH is 1. The highest BCUT2D eigenvalue weighted by Crippen LogP contribution is 2.47. The fourth-order valence-corrected chi connectivity index (χ4v) is 3.70. The molecule has 24 heavy (non-hydrogen) atoms. The second-order valence-corrected chi connectivity index (χ2v) is 7.05. The average molecular weight is 336 g/mol. The van der Waals surface area contributed by atoms with Crippen molar-refractivity contribution in [3.8, 4) is 0 Å². The number of hydrogen-bond donors (Lipinski definition) is 1. The summed E-state index contributed by atoms with van der Waals surface area (Å²) in [5.41, 5.74) is 0.634. The van der Waals surface area contributed by atoms with Crippen LogP contribution in [0.15, 0.2) is 30.3 Å². The van der Waals surface area contributed by atoms with Crippen LogP contribution < -0.4 is 0 Å². The van der Waals surface area contributed by atoms with Crippen LogP contribution in [0.5, 0.6) is 0 Å². The molecule has 4 atom stereocenters. The lowest BCUT2D eigenvalue weighted by Gasteiger charge is -2.36. The summed E-state index contributed by atoms with van der Waals surface area (Å²) in [6, 6.07) is 10.1. The smallest absolute Gasteiger partial charge is 0.190 e. The highest BCUT2D eigenvalue weighted by molar-refractivity contribution is 5.14. The lowest BCUT2D eigenvalue weighted by atomic mass is 9.87. The van der Waals surface area contributed by atoms with Crippen LogP contribution >= 0.6 is 0 Å². The van der Waals surface area contributed by atoms with Gasteiger partial charge in [-0.05, 0) is 38.7 Å². The zero-order valence-corrected chi connectivity index (χ0v) is 14.7. The molecule has 0 aromatic heterocycles. The van der Waals surface area contributed by atoms with Gasteiger partial charge in [0.05, 0.1) is 6.61 Å². The Bertz CT molecular complexity index is 532. The molecule has 0 aliphatic carbocycles. The van der Waals surface area contributed by atoms with E-state index in [0.717, 1.165) is 18.4 Å². The Labute approximate surface area is 143 Å². The summed E-state index contributed by atoms with van der Waals surface area (Å²) in [4.78, 5) is 0. The van der Waals surface area contributed by atoms with E-state index < -0.39 is 17.7 Å². The maximum absolute atomic E-state index is 9.26. The van der Waals surface area contributed by atoms with E-state index in [1.165, 1.54) is 0 Å². The van der Waals surface area contributed by atoms with Crippen molar-refractivity contribution < 1.29 is 24.1 Å². The van der Waals surface area contributed by atoms with Crippen molar-refractivity contribution in [1.82, 2.24) is 0 Å². The van der Waals surface area contributed by atoms with E-state index in [1.54, 1.807) is 0 Å². The minimum absolute atomic E-state index is 0.138. The molecule has 5 nitrogen and oxygen atoms in total. The Morgan fingerprint density at radius 2 is 1.88 bits per heavy atom. The van der Waals surface area contributed by atoms with Gasteiger partial charge in [0.25, 0.3) is 0 Å². The Balaban J connectivity index is 1.78. The fraction of sp³-hybridized carbons (Fsp3) is 0.684. The van der Waals surface area contributed by atoms with E-state index in [0.29, 0.717) is 13.0 Å². The van der Waals surface area contributed by atoms with Crippen molar-refractivity contribution in [2.75, 3.05) is 6.61 Å². The fourth-order valence-electron chi connectivity index (χ4n) is 3.70. The van der Waals surface area contributed by atoms with Crippen LogP contribution in [-0.4, -0.2) is 41.6 Å². The molecule has 0 bridgehead atoms. The van der Waals surface area contributed by atoms with Gasteiger partial charge in [-0.15, -0.1) is 0 Å². The molecule has 1 N–H and O–H groups in total. The zero-order chi connectivity index (χ0) is 17.2. The largest absolute Gasteiger partial charge is 0.396 e. The van der Waals surface area contributed by atoms with Gasteiger partial charge in [0, 0.05) is 6.61 Å². The molecule has 1 aromatic rings. The second-order valence-electron chi connectivity index (χ2n) is 7.05. The van der Waals surface area contributed by atoms with Gasteiger partial charge < -0.3 is 24.1 Å². The third-order valence-corrected chi connectivity index (χ3v) is 4.88. The van der Waals surface area contributed by atoms with Crippen LogP contribution in [0, 0.1) is 0 Å².